The lowest BCUT2D eigenvalue weighted by Crippen LogP contribution is -2.08. The largest absolute Gasteiger partial charge is 0.497 e. The molecule has 142 valence electrons. The van der Waals surface area contributed by atoms with Crippen molar-refractivity contribution >= 4 is 27.8 Å². The molecule has 0 aliphatic heterocycles. The quantitative estimate of drug-likeness (QED) is 0.444. The van der Waals surface area contributed by atoms with Crippen molar-refractivity contribution in [1.82, 2.24) is 4.57 Å². The minimum atomic E-state index is -0.290. The Morgan fingerprint density at radius 3 is 2.50 bits per heavy atom. The van der Waals surface area contributed by atoms with Gasteiger partial charge < -0.3 is 14.0 Å². The zero-order chi connectivity index (χ0) is 19.8. The molecule has 0 aliphatic carbocycles. The molecule has 0 amide bonds. The van der Waals surface area contributed by atoms with Crippen LogP contribution in [-0.4, -0.2) is 24.3 Å². The van der Waals surface area contributed by atoms with Crippen molar-refractivity contribution in [3.05, 3.63) is 65.7 Å². The van der Waals surface area contributed by atoms with Crippen molar-refractivity contribution in [3.63, 3.8) is 0 Å². The minimum absolute atomic E-state index is 0.290. The summed E-state index contributed by atoms with van der Waals surface area (Å²) >= 11 is 0. The highest BCUT2D eigenvalue weighted by molar-refractivity contribution is 6.18. The van der Waals surface area contributed by atoms with Crippen molar-refractivity contribution in [2.75, 3.05) is 13.7 Å². The summed E-state index contributed by atoms with van der Waals surface area (Å²) in [4.78, 5) is 12.7. The molecule has 4 heteroatoms. The van der Waals surface area contributed by atoms with E-state index >= 15 is 0 Å². The lowest BCUT2D eigenvalue weighted by atomic mass is 9.94. The van der Waals surface area contributed by atoms with E-state index < -0.39 is 0 Å². The molecule has 0 N–H and O–H groups in total. The number of hydrogen-bond donors (Lipinski definition) is 0. The Morgan fingerprint density at radius 2 is 1.82 bits per heavy atom. The van der Waals surface area contributed by atoms with Gasteiger partial charge in [0.1, 0.15) is 5.75 Å². The number of benzene rings is 3. The number of esters is 1. The fourth-order valence-corrected chi connectivity index (χ4v) is 3.98. The number of carbonyl (C=O) groups excluding carboxylic acids is 1. The lowest BCUT2D eigenvalue weighted by Gasteiger charge is -2.13. The molecule has 0 saturated heterocycles. The number of methoxy groups -OCH3 is 1. The molecule has 28 heavy (non-hydrogen) atoms. The van der Waals surface area contributed by atoms with E-state index in [1.807, 2.05) is 51.2 Å². The molecule has 0 spiro atoms. The van der Waals surface area contributed by atoms with Crippen LogP contribution in [0.15, 0.2) is 54.6 Å². The predicted octanol–water partition coefficient (Wildman–Crippen LogP) is 5.49. The van der Waals surface area contributed by atoms with Gasteiger partial charge in [0.2, 0.25) is 0 Å². The first-order chi connectivity index (χ1) is 13.6. The second-order valence-corrected chi connectivity index (χ2v) is 6.85. The van der Waals surface area contributed by atoms with Gasteiger partial charge in [0.25, 0.3) is 0 Å². The number of aromatic nitrogens is 1. The summed E-state index contributed by atoms with van der Waals surface area (Å²) in [7, 11) is 3.71. The standard InChI is InChI=1S/C24H23NO3/c1-5-28-24(26)18-14-19(16-9-7-6-8-10-16)22-20-13-17(27-4)11-12-21(20)25(3)23(22)15(18)2/h6-14H,5H2,1-4H3. The molecule has 0 atom stereocenters. The summed E-state index contributed by atoms with van der Waals surface area (Å²) in [6.45, 7) is 4.16. The van der Waals surface area contributed by atoms with Crippen molar-refractivity contribution in [2.24, 2.45) is 7.05 Å². The number of hydrogen-bond acceptors (Lipinski definition) is 3. The number of nitrogens with zero attached hydrogens (tertiary/aromatic N) is 1. The van der Waals surface area contributed by atoms with Gasteiger partial charge in [0.15, 0.2) is 0 Å². The van der Waals surface area contributed by atoms with E-state index in [-0.39, 0.29) is 5.97 Å². The maximum atomic E-state index is 12.7. The Morgan fingerprint density at radius 1 is 1.07 bits per heavy atom. The van der Waals surface area contributed by atoms with Gasteiger partial charge in [-0.15, -0.1) is 0 Å². The second-order valence-electron chi connectivity index (χ2n) is 6.85. The third kappa shape index (κ3) is 2.73. The first-order valence-electron chi connectivity index (χ1n) is 9.39. The number of fused-ring (bicyclic) bond motifs is 3. The van der Waals surface area contributed by atoms with Gasteiger partial charge in [-0.1, -0.05) is 30.3 Å². The molecule has 1 heterocycles. The number of aryl methyl sites for hydroxylation is 2. The topological polar surface area (TPSA) is 40.5 Å². The zero-order valence-corrected chi connectivity index (χ0v) is 16.6. The molecule has 0 fully saturated rings. The van der Waals surface area contributed by atoms with E-state index in [0.29, 0.717) is 12.2 Å². The monoisotopic (exact) mass is 373 g/mol. The summed E-state index contributed by atoms with van der Waals surface area (Å²) < 4.78 is 12.9. The van der Waals surface area contributed by atoms with Gasteiger partial charge in [-0.3, -0.25) is 0 Å². The molecule has 0 bridgehead atoms. The van der Waals surface area contributed by atoms with Crippen LogP contribution in [0.2, 0.25) is 0 Å². The van der Waals surface area contributed by atoms with Crippen LogP contribution in [-0.2, 0) is 11.8 Å². The van der Waals surface area contributed by atoms with E-state index in [4.69, 9.17) is 9.47 Å². The smallest absolute Gasteiger partial charge is 0.338 e. The third-order valence-electron chi connectivity index (χ3n) is 5.30. The first kappa shape index (κ1) is 18.1. The van der Waals surface area contributed by atoms with Crippen LogP contribution in [0, 0.1) is 6.92 Å². The lowest BCUT2D eigenvalue weighted by molar-refractivity contribution is 0.0525. The zero-order valence-electron chi connectivity index (χ0n) is 16.6. The molecule has 4 nitrogen and oxygen atoms in total. The normalized spacial score (nSPS) is 11.1. The predicted molar refractivity (Wildman–Crippen MR) is 113 cm³/mol. The SMILES string of the molecule is CCOC(=O)c1cc(-c2ccccc2)c2c3cc(OC)ccc3n(C)c2c1C. The number of rotatable bonds is 4. The van der Waals surface area contributed by atoms with E-state index in [0.717, 1.165) is 44.2 Å². The highest BCUT2D eigenvalue weighted by atomic mass is 16.5. The van der Waals surface area contributed by atoms with Crippen molar-refractivity contribution < 1.29 is 14.3 Å². The van der Waals surface area contributed by atoms with Gasteiger partial charge in [0.05, 0.1) is 24.8 Å². The molecule has 0 saturated carbocycles. The van der Waals surface area contributed by atoms with Crippen LogP contribution >= 0.6 is 0 Å². The Balaban J connectivity index is 2.18. The highest BCUT2D eigenvalue weighted by Crippen LogP contribution is 2.40. The van der Waals surface area contributed by atoms with Crippen molar-refractivity contribution in [1.29, 1.82) is 0 Å². The van der Waals surface area contributed by atoms with Gasteiger partial charge in [-0.25, -0.2) is 4.79 Å². The average Bonchev–Trinajstić information content (AvgIpc) is 3.02. The van der Waals surface area contributed by atoms with Crippen LogP contribution < -0.4 is 4.74 Å². The summed E-state index contributed by atoms with van der Waals surface area (Å²) in [6, 6.07) is 18.2. The number of carbonyl (C=O) groups is 1. The minimum Gasteiger partial charge on any atom is -0.497 e. The van der Waals surface area contributed by atoms with Crippen LogP contribution in [0.25, 0.3) is 32.9 Å². The maximum absolute atomic E-state index is 12.7. The average molecular weight is 373 g/mol. The molecule has 4 aromatic rings. The molecule has 4 rings (SSSR count). The Kier molecular flexibility index (Phi) is 4.55. The molecule has 0 radical (unpaired) electrons. The van der Waals surface area contributed by atoms with Crippen LogP contribution in [0.3, 0.4) is 0 Å². The Hall–Kier alpha value is -3.27. The van der Waals surface area contributed by atoms with E-state index in [1.54, 1.807) is 7.11 Å². The summed E-state index contributed by atoms with van der Waals surface area (Å²) in [5.74, 6) is 0.521. The van der Waals surface area contributed by atoms with Crippen LogP contribution in [0.5, 0.6) is 5.75 Å². The van der Waals surface area contributed by atoms with E-state index in [1.165, 1.54) is 0 Å². The van der Waals surface area contributed by atoms with Crippen LogP contribution in [0.4, 0.5) is 0 Å². The molecule has 3 aromatic carbocycles. The summed E-state index contributed by atoms with van der Waals surface area (Å²) in [5, 5.41) is 2.22. The molecular weight excluding hydrogens is 350 g/mol. The molecule has 1 aromatic heterocycles. The van der Waals surface area contributed by atoms with Gasteiger partial charge in [-0.2, -0.15) is 0 Å². The highest BCUT2D eigenvalue weighted by Gasteiger charge is 2.22. The van der Waals surface area contributed by atoms with Gasteiger partial charge in [0, 0.05) is 23.3 Å². The van der Waals surface area contributed by atoms with E-state index in [9.17, 15) is 4.79 Å². The molecule has 0 aliphatic rings. The van der Waals surface area contributed by atoms with E-state index in [2.05, 4.69) is 28.8 Å². The second kappa shape index (κ2) is 7.04. The fraction of sp³-hybridized carbons (Fsp3) is 0.208. The maximum Gasteiger partial charge on any atom is 0.338 e. The molecular formula is C24H23NO3. The first-order valence-corrected chi connectivity index (χ1v) is 9.39. The van der Waals surface area contributed by atoms with Gasteiger partial charge >= 0.3 is 5.97 Å². The van der Waals surface area contributed by atoms with Crippen molar-refractivity contribution in [3.8, 4) is 16.9 Å². The van der Waals surface area contributed by atoms with Gasteiger partial charge in [-0.05, 0) is 54.8 Å². The Bertz CT molecular complexity index is 1190. The number of ether oxygens (including phenoxy) is 2. The van der Waals surface area contributed by atoms with Crippen molar-refractivity contribution in [2.45, 2.75) is 13.8 Å². The van der Waals surface area contributed by atoms with Crippen LogP contribution in [0.1, 0.15) is 22.8 Å². The fourth-order valence-electron chi connectivity index (χ4n) is 3.98. The summed E-state index contributed by atoms with van der Waals surface area (Å²) in [5.41, 5.74) is 5.73. The molecule has 0 unspecified atom stereocenters. The summed E-state index contributed by atoms with van der Waals surface area (Å²) in [6.07, 6.45) is 0. The third-order valence-corrected chi connectivity index (χ3v) is 5.30. The Labute approximate surface area is 164 Å².